The van der Waals surface area contributed by atoms with E-state index in [1.54, 1.807) is 103 Å². The monoisotopic (exact) mass is 1020 g/mol. The Morgan fingerprint density at radius 1 is 0.440 bits per heavy atom. The molecule has 75 heavy (non-hydrogen) atoms. The van der Waals surface area contributed by atoms with Gasteiger partial charge >= 0.3 is 0 Å². The molecule has 0 heterocycles. The fraction of sp³-hybridized carbons (Fsp3) is 0.167. The highest BCUT2D eigenvalue weighted by molar-refractivity contribution is 6.06. The minimum Gasteiger partial charge on any atom is -0.497 e. The lowest BCUT2D eigenvalue weighted by atomic mass is 10.1. The Labute approximate surface area is 431 Å². The summed E-state index contributed by atoms with van der Waals surface area (Å²) in [6.07, 6.45) is 0.842. The summed E-state index contributed by atoms with van der Waals surface area (Å²) in [5.41, 5.74) is 3.98. The number of nitrogens with one attached hydrogen (secondary N) is 6. The number of rotatable bonds is 20. The highest BCUT2D eigenvalue weighted by Gasteiger charge is 2.21. The van der Waals surface area contributed by atoms with E-state index in [4.69, 9.17) is 14.2 Å². The number of ether oxygens (including phenoxy) is 3. The summed E-state index contributed by atoms with van der Waals surface area (Å²) < 4.78 is 15.3. The van der Waals surface area contributed by atoms with Gasteiger partial charge in [0.05, 0.1) is 36.1 Å². The van der Waals surface area contributed by atoms with Crippen LogP contribution in [0.25, 0.3) is 0 Å². The van der Waals surface area contributed by atoms with Gasteiger partial charge in [0.2, 0.25) is 0 Å². The van der Waals surface area contributed by atoms with Crippen LogP contribution >= 0.6 is 0 Å². The fourth-order valence-electron chi connectivity index (χ4n) is 6.88. The summed E-state index contributed by atoms with van der Waals surface area (Å²) in [5, 5.41) is 50.9. The van der Waals surface area contributed by atoms with Gasteiger partial charge in [-0.2, -0.15) is 0 Å². The molecule has 0 fully saturated rings. The number of nitro groups is 3. The summed E-state index contributed by atoms with van der Waals surface area (Å²) in [7, 11) is 4.60. The van der Waals surface area contributed by atoms with Crippen LogP contribution < -0.4 is 46.1 Å². The summed E-state index contributed by atoms with van der Waals surface area (Å²) in [6, 6.07) is 43.3. The third-order valence-electron chi connectivity index (χ3n) is 10.6. The van der Waals surface area contributed by atoms with Crippen LogP contribution in [0.5, 0.6) is 17.2 Å². The van der Waals surface area contributed by atoms with Crippen LogP contribution in [-0.2, 0) is 6.54 Å². The number of carbonyl (C=O) groups excluding carboxylic acids is 3. The largest absolute Gasteiger partial charge is 0.497 e. The molecule has 0 saturated heterocycles. The Balaban J connectivity index is 0.000000209. The highest BCUT2D eigenvalue weighted by atomic mass is 16.6. The molecule has 0 radical (unpaired) electrons. The average molecular weight is 1020 g/mol. The molecular weight excluding hydrogens is 967 g/mol. The average Bonchev–Trinajstić information content (AvgIpc) is 3.42. The quantitative estimate of drug-likeness (QED) is 0.0306. The lowest BCUT2D eigenvalue weighted by Gasteiger charge is -2.10. The number of amides is 3. The van der Waals surface area contributed by atoms with E-state index in [2.05, 4.69) is 31.9 Å². The molecule has 0 atom stereocenters. The Bertz CT molecular complexity index is 3120. The number of anilines is 6. The Hall–Kier alpha value is -10.1. The van der Waals surface area contributed by atoms with Crippen molar-refractivity contribution in [3.05, 3.63) is 210 Å². The van der Waals surface area contributed by atoms with E-state index < -0.39 is 32.5 Å². The van der Waals surface area contributed by atoms with Gasteiger partial charge in [-0.25, -0.2) is 0 Å². The van der Waals surface area contributed by atoms with Crippen LogP contribution in [0.15, 0.2) is 158 Å². The van der Waals surface area contributed by atoms with Gasteiger partial charge in [-0.15, -0.1) is 0 Å². The Kier molecular flexibility index (Phi) is 20.9. The van der Waals surface area contributed by atoms with Crippen molar-refractivity contribution in [2.75, 3.05) is 66.3 Å². The van der Waals surface area contributed by atoms with E-state index >= 15 is 0 Å². The van der Waals surface area contributed by atoms with E-state index in [1.165, 1.54) is 45.6 Å². The number of carbonyl (C=O) groups is 3. The minimum atomic E-state index is -0.514. The topological polar surface area (TPSA) is 280 Å². The first kappa shape index (κ1) is 55.9. The molecule has 0 aliphatic heterocycles. The van der Waals surface area contributed by atoms with Gasteiger partial charge < -0.3 is 46.1 Å². The molecule has 7 aromatic carbocycles. The van der Waals surface area contributed by atoms with Crippen LogP contribution in [0.2, 0.25) is 0 Å². The van der Waals surface area contributed by atoms with Gasteiger partial charge in [0.25, 0.3) is 34.8 Å². The van der Waals surface area contributed by atoms with Gasteiger partial charge in [-0.1, -0.05) is 55.5 Å². The Morgan fingerprint density at radius 2 is 0.800 bits per heavy atom. The maximum atomic E-state index is 12.5. The van der Waals surface area contributed by atoms with Crippen molar-refractivity contribution in [3.63, 3.8) is 0 Å². The second-order valence-electron chi connectivity index (χ2n) is 15.8. The molecule has 388 valence electrons. The molecule has 0 aliphatic rings. The molecule has 3 amide bonds. The van der Waals surface area contributed by atoms with E-state index in [1.807, 2.05) is 44.2 Å². The molecular formula is C54H55N9O12. The molecule has 21 nitrogen and oxygen atoms in total. The zero-order chi connectivity index (χ0) is 54.3. The summed E-state index contributed by atoms with van der Waals surface area (Å²) >= 11 is 0. The third-order valence-corrected chi connectivity index (χ3v) is 10.6. The van der Waals surface area contributed by atoms with Crippen LogP contribution in [-0.4, -0.2) is 66.9 Å². The van der Waals surface area contributed by atoms with Gasteiger partial charge in [0.1, 0.15) is 34.3 Å². The van der Waals surface area contributed by atoms with Crippen molar-refractivity contribution in [3.8, 4) is 17.2 Å². The molecule has 0 bridgehead atoms. The van der Waals surface area contributed by atoms with Gasteiger partial charge in [-0.05, 0) is 91.7 Å². The first-order chi connectivity index (χ1) is 36.2. The minimum absolute atomic E-state index is 0.123. The van der Waals surface area contributed by atoms with E-state index in [9.17, 15) is 44.7 Å². The molecule has 7 aromatic rings. The summed E-state index contributed by atoms with van der Waals surface area (Å²) in [6.45, 7) is 5.42. The van der Waals surface area contributed by atoms with E-state index in [0.717, 1.165) is 12.0 Å². The summed E-state index contributed by atoms with van der Waals surface area (Å²) in [4.78, 5) is 69.4. The maximum absolute atomic E-state index is 12.5. The van der Waals surface area contributed by atoms with Crippen molar-refractivity contribution in [2.45, 2.75) is 26.8 Å². The number of benzene rings is 7. The molecule has 0 spiro atoms. The molecule has 0 saturated carbocycles. The van der Waals surface area contributed by atoms with Crippen LogP contribution in [0.3, 0.4) is 0 Å². The smallest absolute Gasteiger partial charge is 0.293 e. The number of methoxy groups -OCH3 is 3. The zero-order valence-corrected chi connectivity index (χ0v) is 41.6. The molecule has 7 rings (SSSR count). The normalized spacial score (nSPS) is 10.1. The number of hydrogen-bond acceptors (Lipinski definition) is 15. The van der Waals surface area contributed by atoms with Crippen LogP contribution in [0, 0.1) is 30.3 Å². The van der Waals surface area contributed by atoms with Crippen molar-refractivity contribution >= 4 is 68.9 Å². The third kappa shape index (κ3) is 16.8. The van der Waals surface area contributed by atoms with Crippen molar-refractivity contribution in [1.29, 1.82) is 0 Å². The molecule has 0 aromatic heterocycles. The Morgan fingerprint density at radius 3 is 1.13 bits per heavy atom. The lowest BCUT2D eigenvalue weighted by molar-refractivity contribution is -0.384. The maximum Gasteiger partial charge on any atom is 0.293 e. The predicted molar refractivity (Wildman–Crippen MR) is 289 cm³/mol. The molecule has 21 heteroatoms. The van der Waals surface area contributed by atoms with Crippen molar-refractivity contribution < 1.29 is 43.4 Å². The lowest BCUT2D eigenvalue weighted by Crippen LogP contribution is -2.13. The van der Waals surface area contributed by atoms with Gasteiger partial charge in [0, 0.05) is 89.8 Å². The summed E-state index contributed by atoms with van der Waals surface area (Å²) in [5.74, 6) is 0.530. The van der Waals surface area contributed by atoms with E-state index in [-0.39, 0.29) is 33.8 Å². The first-order valence-corrected chi connectivity index (χ1v) is 23.1. The second-order valence-corrected chi connectivity index (χ2v) is 15.8. The highest BCUT2D eigenvalue weighted by Crippen LogP contribution is 2.30. The predicted octanol–water partition coefficient (Wildman–Crippen LogP) is 11.4. The van der Waals surface area contributed by atoms with Crippen LogP contribution in [0.1, 0.15) is 56.9 Å². The number of nitrogens with zero attached hydrogens (tertiary/aromatic N) is 3. The fourth-order valence-corrected chi connectivity index (χ4v) is 6.88. The van der Waals surface area contributed by atoms with Gasteiger partial charge in [0.15, 0.2) is 0 Å². The first-order valence-electron chi connectivity index (χ1n) is 23.1. The molecule has 6 N–H and O–H groups in total. The zero-order valence-electron chi connectivity index (χ0n) is 41.6. The number of hydrogen-bond donors (Lipinski definition) is 6. The molecule has 0 unspecified atom stereocenters. The standard InChI is InChI=1S/C21H19N3O4.C17H19N3O4.C16H17N3O4/c1-28-18-9-5-8-17(13-18)23-21(25)16-10-11-19(20(12-16)24(26)27)22-14-15-6-3-2-4-7-15;1-3-9-18-15-8-7-12(10-16(15)20(22)23)17(21)19-13-5-4-6-14(11-13)24-2;1-3-17-14-8-7-11(9-15(14)19(21)22)16(20)18-12-5-4-6-13(10-12)23-2/h2-13,22H,14H2,1H3,(H,23,25);4-8,10-11,18H,3,9H2,1-2H3,(H,19,21);4-10,17H,3H2,1-2H3,(H,18,20). The van der Waals surface area contributed by atoms with E-state index in [0.29, 0.717) is 71.0 Å². The van der Waals surface area contributed by atoms with Crippen molar-refractivity contribution in [1.82, 2.24) is 0 Å². The van der Waals surface area contributed by atoms with Gasteiger partial charge in [-0.3, -0.25) is 44.7 Å². The van der Waals surface area contributed by atoms with Crippen LogP contribution in [0.4, 0.5) is 51.2 Å². The number of nitro benzene ring substituents is 3. The van der Waals surface area contributed by atoms with Crippen molar-refractivity contribution in [2.24, 2.45) is 0 Å². The molecule has 0 aliphatic carbocycles. The SMILES string of the molecule is CCCNc1ccc(C(=O)Nc2cccc(OC)c2)cc1[N+](=O)[O-].CCNc1ccc(C(=O)Nc2cccc(OC)c2)cc1[N+](=O)[O-].COc1cccc(NC(=O)c2ccc(NCc3ccccc3)c([N+](=O)[O-])c2)c1. The second kappa shape index (κ2) is 28.1.